The summed E-state index contributed by atoms with van der Waals surface area (Å²) in [5, 5.41) is 11.1. The zero-order valence-electron chi connectivity index (χ0n) is 39.1. The second-order valence-electron chi connectivity index (χ2n) is 16.9. The molecule has 6 aromatic rings. The highest BCUT2D eigenvalue weighted by molar-refractivity contribution is 9.10. The van der Waals surface area contributed by atoms with Crippen molar-refractivity contribution in [1.82, 2.24) is 0 Å². The van der Waals surface area contributed by atoms with Crippen LogP contribution < -0.4 is 0 Å². The number of hydrogen-bond donors (Lipinski definition) is 0. The Labute approximate surface area is 386 Å². The Kier molecular flexibility index (Phi) is 26.4. The van der Waals surface area contributed by atoms with Gasteiger partial charge >= 0.3 is 0 Å². The van der Waals surface area contributed by atoms with E-state index < -0.39 is 11.6 Å². The van der Waals surface area contributed by atoms with Gasteiger partial charge in [-0.05, 0) is 112 Å². The monoisotopic (exact) mass is 927 g/mol. The molecule has 3 nitrogen and oxygen atoms in total. The summed E-state index contributed by atoms with van der Waals surface area (Å²) in [4.78, 5) is 9.90. The van der Waals surface area contributed by atoms with Crippen LogP contribution in [0.5, 0.6) is 0 Å². The summed E-state index contributed by atoms with van der Waals surface area (Å²) in [6.07, 6.45) is 0. The second kappa shape index (κ2) is 29.6. The fourth-order valence-corrected chi connectivity index (χ4v) is 5.86. The maximum Gasteiger partial charge on any atom is 0.269 e. The first-order valence-corrected chi connectivity index (χ1v) is 22.6. The zero-order chi connectivity index (χ0) is 46.9. The number of benzene rings is 6. The maximum atomic E-state index is 12.5. The molecule has 0 amide bonds. The van der Waals surface area contributed by atoms with Crippen LogP contribution in [0.4, 0.5) is 14.5 Å². The van der Waals surface area contributed by atoms with Crippen molar-refractivity contribution in [2.75, 3.05) is 0 Å². The SMILES string of the molecule is CC(C)c1cc(F)cc(F)c1.CC(C)c1ccc(Br)cc1.CC(C)c1ccc([N+](=O)[O-])cc1.CC(C)c1cccc(Cl)c1.CC(C)c1ccccc1.Cc1ccc(C(C)C)cc1. The Balaban J connectivity index is 0.000000373. The van der Waals surface area contributed by atoms with E-state index in [0.29, 0.717) is 35.2 Å². The van der Waals surface area contributed by atoms with Gasteiger partial charge in [-0.1, -0.05) is 207 Å². The third-order valence-corrected chi connectivity index (χ3v) is 10.3. The summed E-state index contributed by atoms with van der Waals surface area (Å²) in [6.45, 7) is 27.6. The highest BCUT2D eigenvalue weighted by Crippen LogP contribution is 2.21. The van der Waals surface area contributed by atoms with E-state index in [1.807, 2.05) is 38.1 Å². The lowest BCUT2D eigenvalue weighted by Crippen LogP contribution is -1.90. The molecular weight excluding hydrogens is 860 g/mol. The minimum Gasteiger partial charge on any atom is -0.258 e. The fraction of sp³-hybridized carbons (Fsp3) is 0.345. The van der Waals surface area contributed by atoms with Gasteiger partial charge in [0.05, 0.1) is 4.92 Å². The van der Waals surface area contributed by atoms with Crippen LogP contribution >= 0.6 is 27.5 Å². The molecule has 0 saturated heterocycles. The Morgan fingerprint density at radius 2 is 0.806 bits per heavy atom. The summed E-state index contributed by atoms with van der Waals surface area (Å²) < 4.78 is 26.2. The van der Waals surface area contributed by atoms with Crippen molar-refractivity contribution in [1.29, 1.82) is 0 Å². The van der Waals surface area contributed by atoms with Gasteiger partial charge in [-0.25, -0.2) is 8.78 Å². The van der Waals surface area contributed by atoms with E-state index in [2.05, 4.69) is 171 Å². The molecule has 0 fully saturated rings. The van der Waals surface area contributed by atoms with Gasteiger partial charge in [-0.2, -0.15) is 0 Å². The standard InChI is InChI=1S/C10H14.C9H11Br.C9H11Cl.C9H10F2.C9H11NO2.C9H12/c1-8(2)10-6-4-9(3)5-7-10;1-7(2)8-3-5-9(10)6-4-8;1-7(2)8-4-3-5-9(10)6-8;1-6(2)7-3-8(10)5-9(11)4-7;1-7(2)8-3-5-9(6-4-8)10(11)12;1-8(2)9-6-4-3-5-7-9/h4-8H,1-3H3;2*3-7H,1-2H3;3-6H,1-2H3;3-7H,1-2H3;3-8H,1-2H3. The lowest BCUT2D eigenvalue weighted by atomic mass is 10.0. The average molecular weight is 930 g/mol. The van der Waals surface area contributed by atoms with E-state index in [9.17, 15) is 18.9 Å². The Bertz CT molecular complexity index is 2050. The van der Waals surface area contributed by atoms with Gasteiger partial charge < -0.3 is 0 Å². The van der Waals surface area contributed by atoms with E-state index in [-0.39, 0.29) is 16.5 Å². The van der Waals surface area contributed by atoms with Crippen LogP contribution in [0.2, 0.25) is 5.02 Å². The molecule has 0 atom stereocenters. The molecule has 334 valence electrons. The quantitative estimate of drug-likeness (QED) is 0.118. The van der Waals surface area contributed by atoms with Crippen LogP contribution in [0.1, 0.15) is 158 Å². The van der Waals surface area contributed by atoms with Crippen molar-refractivity contribution in [2.24, 2.45) is 0 Å². The molecule has 0 heterocycles. The first-order chi connectivity index (χ1) is 29.1. The highest BCUT2D eigenvalue weighted by atomic mass is 79.9. The third-order valence-electron chi connectivity index (χ3n) is 9.58. The van der Waals surface area contributed by atoms with Gasteiger partial charge in [0, 0.05) is 27.7 Å². The summed E-state index contributed by atoms with van der Waals surface area (Å²) in [7, 11) is 0. The van der Waals surface area contributed by atoms with Crippen LogP contribution in [0.3, 0.4) is 0 Å². The van der Waals surface area contributed by atoms with Crippen LogP contribution in [0, 0.1) is 28.7 Å². The van der Waals surface area contributed by atoms with E-state index in [1.165, 1.54) is 52.1 Å². The molecule has 62 heavy (non-hydrogen) atoms. The number of hydrogen-bond acceptors (Lipinski definition) is 2. The Morgan fingerprint density at radius 3 is 1.15 bits per heavy atom. The summed E-state index contributed by atoms with van der Waals surface area (Å²) >= 11 is 9.18. The largest absolute Gasteiger partial charge is 0.269 e. The molecule has 0 aliphatic carbocycles. The first-order valence-electron chi connectivity index (χ1n) is 21.4. The smallest absolute Gasteiger partial charge is 0.258 e. The molecule has 7 heteroatoms. The number of rotatable bonds is 7. The van der Waals surface area contributed by atoms with Gasteiger partial charge in [-0.15, -0.1) is 0 Å². The molecular formula is C55H69BrClF2NO2. The Hall–Kier alpha value is -4.65. The molecule has 0 aliphatic heterocycles. The van der Waals surface area contributed by atoms with Gasteiger partial charge in [0.15, 0.2) is 0 Å². The van der Waals surface area contributed by atoms with Crippen LogP contribution in [-0.2, 0) is 0 Å². The molecule has 6 aromatic carbocycles. The Morgan fingerprint density at radius 1 is 0.452 bits per heavy atom. The summed E-state index contributed by atoms with van der Waals surface area (Å²) in [6, 6.07) is 45.9. The van der Waals surface area contributed by atoms with Gasteiger partial charge in [0.25, 0.3) is 5.69 Å². The number of nitro benzene ring substituents is 1. The van der Waals surface area contributed by atoms with E-state index in [1.54, 1.807) is 12.1 Å². The van der Waals surface area contributed by atoms with E-state index in [0.717, 1.165) is 21.1 Å². The lowest BCUT2D eigenvalue weighted by Gasteiger charge is -2.04. The van der Waals surface area contributed by atoms with Gasteiger partial charge in [0.2, 0.25) is 0 Å². The molecule has 0 spiro atoms. The number of aryl methyl sites for hydroxylation is 1. The summed E-state index contributed by atoms with van der Waals surface area (Å²) in [5.74, 6) is 2.09. The summed E-state index contributed by atoms with van der Waals surface area (Å²) in [5.41, 5.74) is 8.84. The topological polar surface area (TPSA) is 43.1 Å². The van der Waals surface area contributed by atoms with Crippen LogP contribution in [0.25, 0.3) is 0 Å². The zero-order valence-corrected chi connectivity index (χ0v) is 41.4. The molecule has 6 rings (SSSR count). The number of halogens is 4. The van der Waals surface area contributed by atoms with Gasteiger partial charge in [-0.3, -0.25) is 10.1 Å². The predicted octanol–water partition coefficient (Wildman–Crippen LogP) is 18.8. The second-order valence-corrected chi connectivity index (χ2v) is 18.3. The van der Waals surface area contributed by atoms with E-state index in [4.69, 9.17) is 11.6 Å². The molecule has 0 radical (unpaired) electrons. The molecule has 0 bridgehead atoms. The lowest BCUT2D eigenvalue weighted by molar-refractivity contribution is -0.384. The van der Waals surface area contributed by atoms with Crippen molar-refractivity contribution in [3.8, 4) is 0 Å². The van der Waals surface area contributed by atoms with E-state index >= 15 is 0 Å². The molecule has 0 N–H and O–H groups in total. The minimum atomic E-state index is -0.506. The highest BCUT2D eigenvalue weighted by Gasteiger charge is 2.06. The van der Waals surface area contributed by atoms with Crippen LogP contribution in [0.15, 0.2) is 150 Å². The van der Waals surface area contributed by atoms with Gasteiger partial charge in [0.1, 0.15) is 11.6 Å². The fourth-order valence-electron chi connectivity index (χ4n) is 5.39. The van der Waals surface area contributed by atoms with Crippen molar-refractivity contribution in [3.05, 3.63) is 216 Å². The maximum absolute atomic E-state index is 12.5. The minimum absolute atomic E-state index is 0.152. The first kappa shape index (κ1) is 55.4. The van der Waals surface area contributed by atoms with Crippen molar-refractivity contribution < 1.29 is 13.7 Å². The molecule has 0 saturated carbocycles. The molecule has 0 unspecified atom stereocenters. The number of non-ortho nitro benzene ring substituents is 1. The van der Waals surface area contributed by atoms with Crippen molar-refractivity contribution in [2.45, 2.75) is 126 Å². The predicted molar refractivity (Wildman–Crippen MR) is 267 cm³/mol. The third kappa shape index (κ3) is 23.5. The molecule has 0 aromatic heterocycles. The average Bonchev–Trinajstić information content (AvgIpc) is 3.22. The number of nitro groups is 1. The van der Waals surface area contributed by atoms with Crippen LogP contribution in [-0.4, -0.2) is 4.92 Å². The molecule has 0 aliphatic rings. The normalized spacial score (nSPS) is 10.4. The van der Waals surface area contributed by atoms with Crippen molar-refractivity contribution >= 4 is 33.2 Å². The van der Waals surface area contributed by atoms with Crippen molar-refractivity contribution in [3.63, 3.8) is 0 Å². The number of nitrogens with zero attached hydrogens (tertiary/aromatic N) is 1.